The van der Waals surface area contributed by atoms with Gasteiger partial charge in [-0.3, -0.25) is 9.79 Å². The Balaban J connectivity index is 2.37. The van der Waals surface area contributed by atoms with E-state index in [1.54, 1.807) is 0 Å². The van der Waals surface area contributed by atoms with Crippen molar-refractivity contribution in [2.24, 2.45) is 16.3 Å². The molecule has 1 fully saturated rings. The molecule has 0 bridgehead atoms. The second-order valence-electron chi connectivity index (χ2n) is 7.23. The molecule has 0 aromatic carbocycles. The standard InChI is InChI=1S/C16H32N4O3S/c1-5-17-15(19-10-9-18-14(21)13-6-7-13)20-12-16(2,3)8-11-24(4,22)23/h13H,5-12H2,1-4H3,(H,18,21)(H2,17,19,20). The summed E-state index contributed by atoms with van der Waals surface area (Å²) in [6.45, 7) is 8.46. The van der Waals surface area contributed by atoms with E-state index in [4.69, 9.17) is 0 Å². The Morgan fingerprint density at radius 2 is 1.79 bits per heavy atom. The lowest BCUT2D eigenvalue weighted by Crippen LogP contribution is -2.42. The van der Waals surface area contributed by atoms with Gasteiger partial charge in [0.05, 0.1) is 5.75 Å². The van der Waals surface area contributed by atoms with E-state index in [1.165, 1.54) is 6.26 Å². The van der Waals surface area contributed by atoms with Gasteiger partial charge in [0.1, 0.15) is 9.84 Å². The molecule has 3 N–H and O–H groups in total. The highest BCUT2D eigenvalue weighted by Crippen LogP contribution is 2.28. The number of guanidine groups is 1. The second kappa shape index (κ2) is 9.25. The van der Waals surface area contributed by atoms with Gasteiger partial charge in [-0.2, -0.15) is 0 Å². The van der Waals surface area contributed by atoms with Crippen molar-refractivity contribution in [2.75, 3.05) is 38.2 Å². The first kappa shape index (κ1) is 20.7. The van der Waals surface area contributed by atoms with Crippen LogP contribution in [0.25, 0.3) is 0 Å². The van der Waals surface area contributed by atoms with Crippen LogP contribution in [0.2, 0.25) is 0 Å². The van der Waals surface area contributed by atoms with Gasteiger partial charge in [-0.05, 0) is 31.6 Å². The molecule has 0 atom stereocenters. The maximum atomic E-state index is 11.6. The Hall–Kier alpha value is -1.31. The van der Waals surface area contributed by atoms with Crippen LogP contribution in [0.4, 0.5) is 0 Å². The van der Waals surface area contributed by atoms with Gasteiger partial charge in [0.25, 0.3) is 0 Å². The molecule has 0 saturated heterocycles. The number of amides is 1. The Kier molecular flexibility index (Phi) is 7.99. The van der Waals surface area contributed by atoms with E-state index >= 15 is 0 Å². The normalized spacial score (nSPS) is 15.9. The summed E-state index contributed by atoms with van der Waals surface area (Å²) in [7, 11) is -2.95. The molecule has 0 spiro atoms. The third-order valence-electron chi connectivity index (χ3n) is 3.82. The van der Waals surface area contributed by atoms with E-state index < -0.39 is 9.84 Å². The van der Waals surface area contributed by atoms with Crippen LogP contribution in [0.15, 0.2) is 4.99 Å². The summed E-state index contributed by atoms with van der Waals surface area (Å²) in [4.78, 5) is 16.1. The first-order valence-corrected chi connectivity index (χ1v) is 10.7. The van der Waals surface area contributed by atoms with Gasteiger partial charge in [-0.15, -0.1) is 0 Å². The summed E-state index contributed by atoms with van der Waals surface area (Å²) in [5, 5.41) is 9.25. The van der Waals surface area contributed by atoms with Gasteiger partial charge >= 0.3 is 0 Å². The maximum Gasteiger partial charge on any atom is 0.223 e. The van der Waals surface area contributed by atoms with Crippen LogP contribution in [-0.2, 0) is 14.6 Å². The van der Waals surface area contributed by atoms with Crippen molar-refractivity contribution in [1.29, 1.82) is 0 Å². The van der Waals surface area contributed by atoms with E-state index in [-0.39, 0.29) is 23.0 Å². The average Bonchev–Trinajstić information content (AvgIpc) is 3.31. The van der Waals surface area contributed by atoms with Gasteiger partial charge in [-0.1, -0.05) is 13.8 Å². The van der Waals surface area contributed by atoms with Crippen molar-refractivity contribution >= 4 is 21.7 Å². The third kappa shape index (κ3) is 9.75. The molecular formula is C16H32N4O3S. The Morgan fingerprint density at radius 1 is 1.17 bits per heavy atom. The molecule has 0 radical (unpaired) electrons. The van der Waals surface area contributed by atoms with Gasteiger partial charge in [0.2, 0.25) is 5.91 Å². The molecule has 140 valence electrons. The molecule has 1 aliphatic carbocycles. The molecule has 1 amide bonds. The molecule has 0 aromatic rings. The Morgan fingerprint density at radius 3 is 2.33 bits per heavy atom. The molecule has 7 nitrogen and oxygen atoms in total. The molecule has 1 rings (SSSR count). The summed E-state index contributed by atoms with van der Waals surface area (Å²) in [6, 6.07) is 0. The van der Waals surface area contributed by atoms with Crippen LogP contribution in [-0.4, -0.2) is 58.5 Å². The van der Waals surface area contributed by atoms with Crippen LogP contribution in [0.3, 0.4) is 0 Å². The summed E-state index contributed by atoms with van der Waals surface area (Å²) in [6.07, 6.45) is 3.85. The minimum atomic E-state index is -2.95. The quantitative estimate of drug-likeness (QED) is 0.300. The number of hydrogen-bond acceptors (Lipinski definition) is 4. The van der Waals surface area contributed by atoms with Crippen LogP contribution < -0.4 is 16.0 Å². The molecule has 24 heavy (non-hydrogen) atoms. The number of sulfone groups is 1. The smallest absolute Gasteiger partial charge is 0.223 e. The van der Waals surface area contributed by atoms with Gasteiger partial charge < -0.3 is 16.0 Å². The summed E-state index contributed by atoms with van der Waals surface area (Å²) < 4.78 is 22.6. The number of rotatable bonds is 10. The zero-order valence-corrected chi connectivity index (χ0v) is 16.1. The fourth-order valence-corrected chi connectivity index (χ4v) is 2.96. The van der Waals surface area contributed by atoms with Crippen LogP contribution in [0.1, 0.15) is 40.0 Å². The molecule has 1 saturated carbocycles. The fraction of sp³-hybridized carbons (Fsp3) is 0.875. The number of aliphatic imine (C=N–C) groups is 1. The number of carbonyl (C=O) groups excluding carboxylic acids is 1. The van der Waals surface area contributed by atoms with Crippen LogP contribution in [0, 0.1) is 11.3 Å². The summed E-state index contributed by atoms with van der Waals surface area (Å²) >= 11 is 0. The van der Waals surface area contributed by atoms with E-state index in [1.807, 2.05) is 20.8 Å². The van der Waals surface area contributed by atoms with Crippen LogP contribution >= 0.6 is 0 Å². The summed E-state index contributed by atoms with van der Waals surface area (Å²) in [5.41, 5.74) is -0.189. The predicted octanol–water partition coefficient (Wildman–Crippen LogP) is 0.529. The van der Waals surface area contributed by atoms with Gasteiger partial charge in [0.15, 0.2) is 5.96 Å². The highest BCUT2D eigenvalue weighted by Gasteiger charge is 2.29. The van der Waals surface area contributed by atoms with Crippen molar-refractivity contribution in [3.05, 3.63) is 0 Å². The summed E-state index contributed by atoms with van der Waals surface area (Å²) in [5.74, 6) is 1.22. The minimum Gasteiger partial charge on any atom is -0.357 e. The molecule has 8 heteroatoms. The SMILES string of the molecule is CCNC(=NCC(C)(C)CCS(C)(=O)=O)NCCNC(=O)C1CC1. The van der Waals surface area contributed by atoms with Crippen LogP contribution in [0.5, 0.6) is 0 Å². The van der Waals surface area contributed by atoms with Crippen molar-refractivity contribution in [1.82, 2.24) is 16.0 Å². The Bertz CT molecular complexity index is 540. The maximum absolute atomic E-state index is 11.6. The first-order chi connectivity index (χ1) is 11.1. The minimum absolute atomic E-state index is 0.139. The van der Waals surface area contributed by atoms with E-state index in [0.717, 1.165) is 19.4 Å². The molecule has 0 heterocycles. The number of carbonyl (C=O) groups is 1. The second-order valence-corrected chi connectivity index (χ2v) is 9.49. The largest absolute Gasteiger partial charge is 0.357 e. The van der Waals surface area contributed by atoms with Crippen molar-refractivity contribution in [3.63, 3.8) is 0 Å². The van der Waals surface area contributed by atoms with Gasteiger partial charge in [0, 0.05) is 38.4 Å². The van der Waals surface area contributed by atoms with Crippen molar-refractivity contribution in [3.8, 4) is 0 Å². The zero-order valence-electron chi connectivity index (χ0n) is 15.3. The first-order valence-electron chi connectivity index (χ1n) is 8.60. The molecule has 0 aromatic heterocycles. The number of hydrogen-bond donors (Lipinski definition) is 3. The predicted molar refractivity (Wildman–Crippen MR) is 97.8 cm³/mol. The zero-order chi connectivity index (χ0) is 18.2. The lowest BCUT2D eigenvalue weighted by atomic mass is 9.90. The molecular weight excluding hydrogens is 328 g/mol. The van der Waals surface area contributed by atoms with E-state index in [0.29, 0.717) is 32.0 Å². The highest BCUT2D eigenvalue weighted by atomic mass is 32.2. The van der Waals surface area contributed by atoms with Gasteiger partial charge in [-0.25, -0.2) is 8.42 Å². The molecule has 1 aliphatic rings. The Labute approximate surface area is 146 Å². The molecule has 0 aliphatic heterocycles. The number of nitrogens with zero attached hydrogens (tertiary/aromatic N) is 1. The monoisotopic (exact) mass is 360 g/mol. The molecule has 0 unspecified atom stereocenters. The lowest BCUT2D eigenvalue weighted by Gasteiger charge is -2.22. The fourth-order valence-electron chi connectivity index (χ4n) is 2.03. The lowest BCUT2D eigenvalue weighted by molar-refractivity contribution is -0.122. The average molecular weight is 361 g/mol. The van der Waals surface area contributed by atoms with E-state index in [2.05, 4.69) is 20.9 Å². The highest BCUT2D eigenvalue weighted by molar-refractivity contribution is 7.90. The van der Waals surface area contributed by atoms with E-state index in [9.17, 15) is 13.2 Å². The van der Waals surface area contributed by atoms with Crippen molar-refractivity contribution in [2.45, 2.75) is 40.0 Å². The third-order valence-corrected chi connectivity index (χ3v) is 4.77. The number of nitrogens with one attached hydrogen (secondary N) is 3. The topological polar surface area (TPSA) is 99.7 Å². The van der Waals surface area contributed by atoms with Crippen molar-refractivity contribution < 1.29 is 13.2 Å².